The zero-order valence-electron chi connectivity index (χ0n) is 17.4. The largest absolute Gasteiger partial charge is 0.497 e. The zero-order chi connectivity index (χ0) is 20.0. The zero-order valence-corrected chi connectivity index (χ0v) is 18.2. The maximum absolute atomic E-state index is 5.37. The molecule has 3 rings (SSSR count). The summed E-state index contributed by atoms with van der Waals surface area (Å²) in [5, 5.41) is 10.7. The van der Waals surface area contributed by atoms with Crippen LogP contribution in [0.15, 0.2) is 46.8 Å². The van der Waals surface area contributed by atoms with E-state index in [1.54, 1.807) is 7.11 Å². The number of piperidine rings is 1. The number of hydrogen-bond donors (Lipinski definition) is 2. The number of nitrogens with zero attached hydrogens (tertiary/aromatic N) is 2. The van der Waals surface area contributed by atoms with Gasteiger partial charge in [-0.15, -0.1) is 11.3 Å². The minimum absolute atomic E-state index is 0.0330. The minimum atomic E-state index is -0.0330. The monoisotopic (exact) mass is 400 g/mol. The van der Waals surface area contributed by atoms with Crippen LogP contribution in [0.1, 0.15) is 32.3 Å². The van der Waals surface area contributed by atoms with E-state index in [1.807, 2.05) is 30.5 Å². The molecule has 2 aromatic rings. The highest BCUT2D eigenvalue weighted by molar-refractivity contribution is 7.14. The topological polar surface area (TPSA) is 48.9 Å². The fourth-order valence-electron chi connectivity index (χ4n) is 3.53. The normalized spacial score (nSPS) is 16.1. The Morgan fingerprint density at radius 1 is 1.25 bits per heavy atom. The molecular formula is C22H32N4OS. The standard InChI is InChI=1S/C22H32N4OS/c1-22(2,17-7-5-8-19(15-17)27-4)16-24-21(23-3)25-18-10-12-26(13-11-18)20-9-6-14-28-20/h5-9,14-15,18H,10-13,16H2,1-4H3,(H2,23,24,25). The predicted octanol–water partition coefficient (Wildman–Crippen LogP) is 3.87. The van der Waals surface area contributed by atoms with E-state index in [-0.39, 0.29) is 5.41 Å². The highest BCUT2D eigenvalue weighted by Gasteiger charge is 2.24. The van der Waals surface area contributed by atoms with Crippen LogP contribution >= 0.6 is 11.3 Å². The summed E-state index contributed by atoms with van der Waals surface area (Å²) in [6, 6.07) is 13.1. The van der Waals surface area contributed by atoms with E-state index in [2.05, 4.69) is 64.0 Å². The van der Waals surface area contributed by atoms with Gasteiger partial charge in [0.1, 0.15) is 5.75 Å². The van der Waals surface area contributed by atoms with Gasteiger partial charge in [0.05, 0.1) is 12.1 Å². The second kappa shape index (κ2) is 9.32. The Kier molecular flexibility index (Phi) is 6.83. The molecule has 0 amide bonds. The number of anilines is 1. The van der Waals surface area contributed by atoms with Crippen molar-refractivity contribution in [2.24, 2.45) is 4.99 Å². The first kappa shape index (κ1) is 20.5. The van der Waals surface area contributed by atoms with Crippen molar-refractivity contribution in [3.8, 4) is 5.75 Å². The maximum Gasteiger partial charge on any atom is 0.191 e. The summed E-state index contributed by atoms with van der Waals surface area (Å²) in [5.41, 5.74) is 1.22. The molecule has 2 heterocycles. The van der Waals surface area contributed by atoms with Crippen molar-refractivity contribution in [3.63, 3.8) is 0 Å². The SMILES string of the molecule is CN=C(NCC(C)(C)c1cccc(OC)c1)NC1CCN(c2cccs2)CC1. The molecule has 0 aliphatic carbocycles. The van der Waals surface area contributed by atoms with E-state index in [0.717, 1.165) is 44.2 Å². The van der Waals surface area contributed by atoms with Crippen LogP contribution in [-0.2, 0) is 5.41 Å². The van der Waals surface area contributed by atoms with Gasteiger partial charge in [-0.3, -0.25) is 4.99 Å². The number of benzene rings is 1. The third-order valence-corrected chi connectivity index (χ3v) is 6.36. The Balaban J connectivity index is 1.50. The van der Waals surface area contributed by atoms with Gasteiger partial charge in [-0.25, -0.2) is 0 Å². The van der Waals surface area contributed by atoms with Crippen LogP contribution in [0.3, 0.4) is 0 Å². The molecule has 1 saturated heterocycles. The van der Waals surface area contributed by atoms with Crippen molar-refractivity contribution >= 4 is 22.3 Å². The van der Waals surface area contributed by atoms with Gasteiger partial charge in [-0.05, 0) is 48.1 Å². The Morgan fingerprint density at radius 2 is 2.04 bits per heavy atom. The molecular weight excluding hydrogens is 368 g/mol. The molecule has 6 heteroatoms. The number of nitrogens with one attached hydrogen (secondary N) is 2. The second-order valence-electron chi connectivity index (χ2n) is 7.90. The number of hydrogen-bond acceptors (Lipinski definition) is 4. The van der Waals surface area contributed by atoms with Crippen LogP contribution in [0.4, 0.5) is 5.00 Å². The van der Waals surface area contributed by atoms with E-state index in [4.69, 9.17) is 4.74 Å². The number of ether oxygens (including phenoxy) is 1. The lowest BCUT2D eigenvalue weighted by molar-refractivity contribution is 0.411. The Bertz CT molecular complexity index is 765. The summed E-state index contributed by atoms with van der Waals surface area (Å²) >= 11 is 1.82. The third kappa shape index (κ3) is 5.19. The van der Waals surface area contributed by atoms with Crippen molar-refractivity contribution in [2.45, 2.75) is 38.1 Å². The first-order valence-electron chi connectivity index (χ1n) is 9.92. The molecule has 1 aromatic carbocycles. The Hall–Kier alpha value is -2.21. The van der Waals surface area contributed by atoms with Crippen LogP contribution in [0, 0.1) is 0 Å². The van der Waals surface area contributed by atoms with E-state index >= 15 is 0 Å². The summed E-state index contributed by atoms with van der Waals surface area (Å²) in [7, 11) is 3.55. The molecule has 152 valence electrons. The molecule has 0 bridgehead atoms. The third-order valence-electron chi connectivity index (χ3n) is 5.43. The molecule has 0 saturated carbocycles. The summed E-state index contributed by atoms with van der Waals surface area (Å²) < 4.78 is 5.37. The molecule has 5 nitrogen and oxygen atoms in total. The molecule has 28 heavy (non-hydrogen) atoms. The molecule has 1 aliphatic heterocycles. The number of rotatable bonds is 6. The van der Waals surface area contributed by atoms with Gasteiger partial charge in [0.2, 0.25) is 0 Å². The fourth-order valence-corrected chi connectivity index (χ4v) is 4.32. The van der Waals surface area contributed by atoms with Crippen molar-refractivity contribution in [3.05, 3.63) is 47.3 Å². The second-order valence-corrected chi connectivity index (χ2v) is 8.82. The lowest BCUT2D eigenvalue weighted by atomic mass is 9.84. The van der Waals surface area contributed by atoms with Crippen LogP contribution in [0.2, 0.25) is 0 Å². The summed E-state index contributed by atoms with van der Waals surface area (Å²) in [6.45, 7) is 7.45. The van der Waals surface area contributed by atoms with Gasteiger partial charge in [0.25, 0.3) is 0 Å². The average molecular weight is 401 g/mol. The first-order chi connectivity index (χ1) is 13.5. The van der Waals surface area contributed by atoms with Crippen LogP contribution in [0.25, 0.3) is 0 Å². The van der Waals surface area contributed by atoms with Gasteiger partial charge in [0, 0.05) is 38.1 Å². The number of methoxy groups -OCH3 is 1. The lowest BCUT2D eigenvalue weighted by Gasteiger charge is -2.34. The van der Waals surface area contributed by atoms with Crippen molar-refractivity contribution in [1.29, 1.82) is 0 Å². The smallest absolute Gasteiger partial charge is 0.191 e. The highest BCUT2D eigenvalue weighted by Crippen LogP contribution is 2.26. The molecule has 0 atom stereocenters. The van der Waals surface area contributed by atoms with Gasteiger partial charge < -0.3 is 20.3 Å². The molecule has 0 unspecified atom stereocenters. The molecule has 1 aliphatic rings. The molecule has 1 aromatic heterocycles. The van der Waals surface area contributed by atoms with E-state index in [9.17, 15) is 0 Å². The van der Waals surface area contributed by atoms with Crippen molar-refractivity contribution < 1.29 is 4.74 Å². The van der Waals surface area contributed by atoms with Gasteiger partial charge >= 0.3 is 0 Å². The number of aliphatic imine (C=N–C) groups is 1. The van der Waals surface area contributed by atoms with Gasteiger partial charge in [-0.1, -0.05) is 26.0 Å². The minimum Gasteiger partial charge on any atom is -0.497 e. The molecule has 0 spiro atoms. The van der Waals surface area contributed by atoms with Crippen LogP contribution < -0.4 is 20.3 Å². The number of thiophene rings is 1. The first-order valence-corrected chi connectivity index (χ1v) is 10.8. The van der Waals surface area contributed by atoms with E-state index < -0.39 is 0 Å². The fraction of sp³-hybridized carbons (Fsp3) is 0.500. The predicted molar refractivity (Wildman–Crippen MR) is 120 cm³/mol. The summed E-state index contributed by atoms with van der Waals surface area (Å²) in [5.74, 6) is 1.77. The Labute approximate surface area is 172 Å². The average Bonchev–Trinajstić information content (AvgIpc) is 3.26. The van der Waals surface area contributed by atoms with E-state index in [0.29, 0.717) is 6.04 Å². The van der Waals surface area contributed by atoms with Crippen LogP contribution in [-0.4, -0.2) is 45.8 Å². The Morgan fingerprint density at radius 3 is 2.68 bits per heavy atom. The van der Waals surface area contributed by atoms with Crippen molar-refractivity contribution in [1.82, 2.24) is 10.6 Å². The molecule has 0 radical (unpaired) electrons. The van der Waals surface area contributed by atoms with Crippen molar-refractivity contribution in [2.75, 3.05) is 38.7 Å². The van der Waals surface area contributed by atoms with Gasteiger partial charge in [0.15, 0.2) is 5.96 Å². The van der Waals surface area contributed by atoms with E-state index in [1.165, 1.54) is 10.6 Å². The van der Waals surface area contributed by atoms with Crippen LogP contribution in [0.5, 0.6) is 5.75 Å². The number of guanidine groups is 1. The molecule has 1 fully saturated rings. The summed E-state index contributed by atoms with van der Waals surface area (Å²) in [6.07, 6.45) is 2.25. The summed E-state index contributed by atoms with van der Waals surface area (Å²) in [4.78, 5) is 6.92. The maximum atomic E-state index is 5.37. The highest BCUT2D eigenvalue weighted by atomic mass is 32.1. The lowest BCUT2D eigenvalue weighted by Crippen LogP contribution is -2.50. The molecule has 2 N–H and O–H groups in total. The quantitative estimate of drug-likeness (QED) is 0.571. The van der Waals surface area contributed by atoms with Gasteiger partial charge in [-0.2, -0.15) is 0 Å².